The molecule has 0 amide bonds. The summed E-state index contributed by atoms with van der Waals surface area (Å²) in [5, 5.41) is 4.80. The van der Waals surface area contributed by atoms with E-state index in [1.165, 1.54) is 36.0 Å². The van der Waals surface area contributed by atoms with Crippen LogP contribution in [-0.2, 0) is 11.2 Å². The van der Waals surface area contributed by atoms with Gasteiger partial charge in [-0.05, 0) is 49.7 Å². The molecule has 2 heterocycles. The van der Waals surface area contributed by atoms with Gasteiger partial charge in [0.05, 0.1) is 11.2 Å². The molecule has 0 bridgehead atoms. The number of carbonyl (C=O) groups is 1. The standard InChI is InChI=1S/C20H28N2O/c1-14(2)15(3)19(23)12-7-10-17-20(16-8-6-9-16)18-11-4-5-13-22(18)21-17/h4-5,11,13-16H,6-10,12H2,1-3H3/t15-/m0/s1. The highest BCUT2D eigenvalue weighted by atomic mass is 16.1. The van der Waals surface area contributed by atoms with E-state index in [-0.39, 0.29) is 5.92 Å². The van der Waals surface area contributed by atoms with Crippen LogP contribution in [0.1, 0.15) is 70.1 Å². The Balaban J connectivity index is 1.71. The minimum absolute atomic E-state index is 0.169. The Hall–Kier alpha value is -1.64. The average Bonchev–Trinajstić information content (AvgIpc) is 2.83. The average molecular weight is 312 g/mol. The summed E-state index contributed by atoms with van der Waals surface area (Å²) in [5.74, 6) is 1.68. The second-order valence-electron chi connectivity index (χ2n) is 7.37. The van der Waals surface area contributed by atoms with Crippen LogP contribution < -0.4 is 0 Å². The number of pyridine rings is 1. The summed E-state index contributed by atoms with van der Waals surface area (Å²) < 4.78 is 2.02. The van der Waals surface area contributed by atoms with Gasteiger partial charge in [-0.15, -0.1) is 0 Å². The number of aromatic nitrogens is 2. The van der Waals surface area contributed by atoms with Gasteiger partial charge < -0.3 is 0 Å². The summed E-state index contributed by atoms with van der Waals surface area (Å²) in [6, 6.07) is 6.30. The number of aryl methyl sites for hydroxylation is 1. The number of nitrogens with zero attached hydrogens (tertiary/aromatic N) is 2. The van der Waals surface area contributed by atoms with Crippen LogP contribution in [0.5, 0.6) is 0 Å². The van der Waals surface area contributed by atoms with Crippen molar-refractivity contribution in [3.05, 3.63) is 35.7 Å². The predicted molar refractivity (Wildman–Crippen MR) is 93.7 cm³/mol. The molecule has 3 rings (SSSR count). The van der Waals surface area contributed by atoms with E-state index in [1.807, 2.05) is 16.8 Å². The molecule has 0 aliphatic heterocycles. The maximum Gasteiger partial charge on any atom is 0.135 e. The third-order valence-electron chi connectivity index (χ3n) is 5.51. The normalized spacial score (nSPS) is 16.7. The summed E-state index contributed by atoms with van der Waals surface area (Å²) in [7, 11) is 0. The predicted octanol–water partition coefficient (Wildman–Crippen LogP) is 4.79. The second-order valence-corrected chi connectivity index (χ2v) is 7.37. The summed E-state index contributed by atoms with van der Waals surface area (Å²) in [6.45, 7) is 6.30. The van der Waals surface area contributed by atoms with Crippen LogP contribution in [0.3, 0.4) is 0 Å². The van der Waals surface area contributed by atoms with Crippen LogP contribution in [-0.4, -0.2) is 15.4 Å². The number of rotatable bonds is 7. The summed E-state index contributed by atoms with van der Waals surface area (Å²) in [4.78, 5) is 12.2. The molecule has 0 radical (unpaired) electrons. The van der Waals surface area contributed by atoms with Gasteiger partial charge >= 0.3 is 0 Å². The molecule has 1 fully saturated rings. The van der Waals surface area contributed by atoms with Gasteiger partial charge in [-0.2, -0.15) is 5.10 Å². The van der Waals surface area contributed by atoms with Crippen molar-refractivity contribution >= 4 is 11.3 Å². The molecule has 1 saturated carbocycles. The second kappa shape index (κ2) is 6.86. The lowest BCUT2D eigenvalue weighted by atomic mass is 9.78. The first kappa shape index (κ1) is 16.2. The fourth-order valence-electron chi connectivity index (χ4n) is 3.42. The van der Waals surface area contributed by atoms with E-state index < -0.39 is 0 Å². The summed E-state index contributed by atoms with van der Waals surface area (Å²) >= 11 is 0. The first-order valence-electron chi connectivity index (χ1n) is 9.06. The zero-order valence-corrected chi connectivity index (χ0v) is 14.6. The molecule has 1 atom stereocenters. The Bertz CT molecular complexity index is 682. The van der Waals surface area contributed by atoms with Crippen LogP contribution in [0.15, 0.2) is 24.4 Å². The maximum atomic E-state index is 12.2. The Morgan fingerprint density at radius 1 is 1.30 bits per heavy atom. The first-order valence-corrected chi connectivity index (χ1v) is 9.06. The zero-order valence-electron chi connectivity index (χ0n) is 14.6. The van der Waals surface area contributed by atoms with E-state index in [0.29, 0.717) is 24.0 Å². The Morgan fingerprint density at radius 3 is 2.74 bits per heavy atom. The highest BCUT2D eigenvalue weighted by molar-refractivity contribution is 5.80. The fourth-order valence-corrected chi connectivity index (χ4v) is 3.42. The van der Waals surface area contributed by atoms with E-state index in [2.05, 4.69) is 32.9 Å². The first-order chi connectivity index (χ1) is 11.1. The zero-order chi connectivity index (χ0) is 16.4. The van der Waals surface area contributed by atoms with Crippen molar-refractivity contribution in [2.75, 3.05) is 0 Å². The van der Waals surface area contributed by atoms with Crippen molar-refractivity contribution in [2.24, 2.45) is 11.8 Å². The molecule has 3 nitrogen and oxygen atoms in total. The van der Waals surface area contributed by atoms with Gasteiger partial charge in [0.2, 0.25) is 0 Å². The topological polar surface area (TPSA) is 34.4 Å². The van der Waals surface area contributed by atoms with Crippen molar-refractivity contribution in [1.29, 1.82) is 0 Å². The van der Waals surface area contributed by atoms with Crippen LogP contribution in [0.2, 0.25) is 0 Å². The van der Waals surface area contributed by atoms with Crippen LogP contribution in [0.25, 0.3) is 5.52 Å². The Labute approximate surface area is 139 Å². The van der Waals surface area contributed by atoms with E-state index in [9.17, 15) is 4.79 Å². The molecule has 0 aromatic carbocycles. The Morgan fingerprint density at radius 2 is 2.09 bits per heavy atom. The summed E-state index contributed by atoms with van der Waals surface area (Å²) in [6.07, 6.45) is 8.45. The number of hydrogen-bond donors (Lipinski definition) is 0. The van der Waals surface area contributed by atoms with Crippen molar-refractivity contribution in [2.45, 2.75) is 65.2 Å². The van der Waals surface area contributed by atoms with E-state index in [0.717, 1.165) is 12.8 Å². The number of Topliss-reactive ketones (excluding diaryl/α,β-unsaturated/α-hetero) is 1. The molecule has 124 valence electrons. The minimum atomic E-state index is 0.169. The Kier molecular flexibility index (Phi) is 4.84. The lowest BCUT2D eigenvalue weighted by Crippen LogP contribution is -2.17. The smallest absolute Gasteiger partial charge is 0.135 e. The van der Waals surface area contributed by atoms with Gasteiger partial charge in [0.1, 0.15) is 5.78 Å². The third kappa shape index (κ3) is 3.34. The molecule has 3 heteroatoms. The molecule has 0 N–H and O–H groups in total. The van der Waals surface area contributed by atoms with Gasteiger partial charge in [0, 0.05) is 24.1 Å². The van der Waals surface area contributed by atoms with Gasteiger partial charge in [0.25, 0.3) is 0 Å². The molecule has 23 heavy (non-hydrogen) atoms. The molecule has 2 aromatic rings. The molecule has 1 aliphatic rings. The largest absolute Gasteiger partial charge is 0.299 e. The van der Waals surface area contributed by atoms with Crippen molar-refractivity contribution in [3.63, 3.8) is 0 Å². The van der Waals surface area contributed by atoms with E-state index in [4.69, 9.17) is 5.10 Å². The highest BCUT2D eigenvalue weighted by Crippen LogP contribution is 2.40. The molecule has 1 aliphatic carbocycles. The lowest BCUT2D eigenvalue weighted by molar-refractivity contribution is -0.123. The van der Waals surface area contributed by atoms with Gasteiger partial charge in [-0.1, -0.05) is 33.3 Å². The van der Waals surface area contributed by atoms with E-state index >= 15 is 0 Å². The molecule has 2 aromatic heterocycles. The van der Waals surface area contributed by atoms with Crippen molar-refractivity contribution in [3.8, 4) is 0 Å². The molecule has 0 saturated heterocycles. The summed E-state index contributed by atoms with van der Waals surface area (Å²) in [5.41, 5.74) is 3.92. The third-order valence-corrected chi connectivity index (χ3v) is 5.51. The highest BCUT2D eigenvalue weighted by Gasteiger charge is 2.26. The fraction of sp³-hybridized carbons (Fsp3) is 0.600. The quantitative estimate of drug-likeness (QED) is 0.737. The van der Waals surface area contributed by atoms with Crippen LogP contribution in [0.4, 0.5) is 0 Å². The number of fused-ring (bicyclic) bond motifs is 1. The molecular formula is C20H28N2O. The maximum absolute atomic E-state index is 12.2. The van der Waals surface area contributed by atoms with Gasteiger partial charge in [0.15, 0.2) is 0 Å². The van der Waals surface area contributed by atoms with Crippen LogP contribution in [0, 0.1) is 11.8 Å². The van der Waals surface area contributed by atoms with Crippen molar-refractivity contribution < 1.29 is 4.79 Å². The monoisotopic (exact) mass is 312 g/mol. The van der Waals surface area contributed by atoms with Crippen LogP contribution >= 0.6 is 0 Å². The number of carbonyl (C=O) groups excluding carboxylic acids is 1. The number of ketones is 1. The molecule has 0 spiro atoms. The lowest BCUT2D eigenvalue weighted by Gasteiger charge is -2.26. The SMILES string of the molecule is CC(C)[C@H](C)C(=O)CCCc1nn2ccccc2c1C1CCC1. The van der Waals surface area contributed by atoms with Crippen molar-refractivity contribution in [1.82, 2.24) is 9.61 Å². The molecular weight excluding hydrogens is 284 g/mol. The van der Waals surface area contributed by atoms with Gasteiger partial charge in [-0.3, -0.25) is 4.79 Å². The van der Waals surface area contributed by atoms with E-state index in [1.54, 1.807) is 0 Å². The minimum Gasteiger partial charge on any atom is -0.299 e. The van der Waals surface area contributed by atoms with Gasteiger partial charge in [-0.25, -0.2) is 4.52 Å². The molecule has 0 unspecified atom stereocenters. The number of hydrogen-bond acceptors (Lipinski definition) is 2.